The molecule has 0 unspecified atom stereocenters. The summed E-state index contributed by atoms with van der Waals surface area (Å²) in [5, 5.41) is 2.21. The molecule has 4 nitrogen and oxygen atoms in total. The van der Waals surface area contributed by atoms with Gasteiger partial charge in [0, 0.05) is 24.5 Å². The molecule has 4 rings (SSSR count). The summed E-state index contributed by atoms with van der Waals surface area (Å²) in [6.07, 6.45) is 7.52. The molecule has 1 aromatic heterocycles. The minimum Gasteiger partial charge on any atom is -0.341 e. The van der Waals surface area contributed by atoms with Crippen LogP contribution in [-0.4, -0.2) is 67.4 Å². The van der Waals surface area contributed by atoms with Crippen LogP contribution in [0, 0.1) is 5.41 Å². The van der Waals surface area contributed by atoms with Gasteiger partial charge in [-0.3, -0.25) is 14.6 Å². The van der Waals surface area contributed by atoms with Crippen molar-refractivity contribution in [3.8, 4) is 0 Å². The number of hydrogen-bond acceptors (Lipinski definition) is 4. The van der Waals surface area contributed by atoms with Crippen LogP contribution in [0.15, 0.2) is 17.5 Å². The predicted octanol–water partition coefficient (Wildman–Crippen LogP) is 3.00. The van der Waals surface area contributed by atoms with Crippen LogP contribution in [-0.2, 0) is 10.3 Å². The Bertz CT molecular complexity index is 600. The summed E-state index contributed by atoms with van der Waals surface area (Å²) < 4.78 is 0. The lowest BCUT2D eigenvalue weighted by Crippen LogP contribution is -2.48. The Morgan fingerprint density at radius 2 is 1.92 bits per heavy atom. The molecule has 0 bridgehead atoms. The molecule has 0 aromatic carbocycles. The summed E-state index contributed by atoms with van der Waals surface area (Å²) in [4.78, 5) is 20.7. The van der Waals surface area contributed by atoms with Crippen LogP contribution in [0.4, 0.5) is 0 Å². The number of carbonyl (C=O) groups is 1. The highest BCUT2D eigenvalue weighted by atomic mass is 32.1. The number of nitrogens with zero attached hydrogens (tertiary/aromatic N) is 3. The Hall–Kier alpha value is -0.910. The molecule has 1 aliphatic carbocycles. The van der Waals surface area contributed by atoms with Gasteiger partial charge < -0.3 is 4.90 Å². The fourth-order valence-electron chi connectivity index (χ4n) is 5.08. The normalized spacial score (nSPS) is 33.2. The highest BCUT2D eigenvalue weighted by Crippen LogP contribution is 2.52. The van der Waals surface area contributed by atoms with E-state index in [1.54, 1.807) is 0 Å². The van der Waals surface area contributed by atoms with E-state index >= 15 is 0 Å². The van der Waals surface area contributed by atoms with Gasteiger partial charge in [0.15, 0.2) is 0 Å². The molecule has 2 aliphatic heterocycles. The molecular formula is C20H31N3OS. The quantitative estimate of drug-likeness (QED) is 0.825. The van der Waals surface area contributed by atoms with Crippen molar-refractivity contribution < 1.29 is 4.79 Å². The van der Waals surface area contributed by atoms with Crippen LogP contribution in [0.3, 0.4) is 0 Å². The molecule has 3 aliphatic rings. The second-order valence-corrected chi connectivity index (χ2v) is 9.55. The molecule has 1 aromatic rings. The zero-order valence-corrected chi connectivity index (χ0v) is 16.5. The molecule has 1 amide bonds. The van der Waals surface area contributed by atoms with Gasteiger partial charge in [-0.2, -0.15) is 0 Å². The highest BCUT2D eigenvalue weighted by Gasteiger charge is 2.48. The van der Waals surface area contributed by atoms with Gasteiger partial charge in [-0.25, -0.2) is 0 Å². The lowest BCUT2D eigenvalue weighted by molar-refractivity contribution is -0.135. The molecule has 0 atom stereocenters. The molecule has 3 fully saturated rings. The summed E-state index contributed by atoms with van der Waals surface area (Å²) in [6, 6.07) is 4.50. The van der Waals surface area contributed by atoms with E-state index in [0.717, 1.165) is 26.2 Å². The summed E-state index contributed by atoms with van der Waals surface area (Å²) >= 11 is 1.91. The molecule has 138 valence electrons. The Morgan fingerprint density at radius 1 is 1.16 bits per heavy atom. The van der Waals surface area contributed by atoms with Gasteiger partial charge in [0.1, 0.15) is 0 Å². The monoisotopic (exact) mass is 361 g/mol. The number of thiophene rings is 1. The van der Waals surface area contributed by atoms with Crippen molar-refractivity contribution in [1.29, 1.82) is 0 Å². The smallest absolute Gasteiger partial charge is 0.236 e. The molecule has 0 N–H and O–H groups in total. The van der Waals surface area contributed by atoms with Crippen molar-refractivity contribution in [2.75, 3.05) is 46.8 Å². The summed E-state index contributed by atoms with van der Waals surface area (Å²) in [6.45, 7) is 4.83. The Balaban J connectivity index is 1.38. The van der Waals surface area contributed by atoms with E-state index in [9.17, 15) is 4.79 Å². The van der Waals surface area contributed by atoms with Crippen LogP contribution >= 0.6 is 11.3 Å². The molecular weight excluding hydrogens is 330 g/mol. The van der Waals surface area contributed by atoms with Crippen molar-refractivity contribution in [2.24, 2.45) is 5.41 Å². The Kier molecular flexibility index (Phi) is 4.67. The third kappa shape index (κ3) is 3.15. The van der Waals surface area contributed by atoms with Crippen molar-refractivity contribution in [3.05, 3.63) is 22.4 Å². The second kappa shape index (κ2) is 6.67. The van der Waals surface area contributed by atoms with Gasteiger partial charge >= 0.3 is 0 Å². The third-order valence-electron chi connectivity index (χ3n) is 7.06. The van der Waals surface area contributed by atoms with E-state index in [2.05, 4.69) is 41.4 Å². The average Bonchev–Trinajstić information content (AvgIpc) is 3.18. The van der Waals surface area contributed by atoms with Gasteiger partial charge in [0.05, 0.1) is 12.1 Å². The lowest BCUT2D eigenvalue weighted by Gasteiger charge is -2.48. The maximum atomic E-state index is 12.3. The second-order valence-electron chi connectivity index (χ2n) is 8.60. The van der Waals surface area contributed by atoms with Crippen molar-refractivity contribution >= 4 is 17.2 Å². The van der Waals surface area contributed by atoms with Crippen molar-refractivity contribution in [3.63, 3.8) is 0 Å². The fourth-order valence-corrected chi connectivity index (χ4v) is 6.15. The highest BCUT2D eigenvalue weighted by molar-refractivity contribution is 7.10. The van der Waals surface area contributed by atoms with Gasteiger partial charge in [-0.15, -0.1) is 11.3 Å². The minimum absolute atomic E-state index is 0.223. The Morgan fingerprint density at radius 3 is 2.48 bits per heavy atom. The predicted molar refractivity (Wildman–Crippen MR) is 103 cm³/mol. The minimum atomic E-state index is 0.223. The summed E-state index contributed by atoms with van der Waals surface area (Å²) in [7, 11) is 4.48. The molecule has 1 spiro atoms. The van der Waals surface area contributed by atoms with Gasteiger partial charge in [0.25, 0.3) is 0 Å². The molecule has 3 heterocycles. The SMILES string of the molecule is CN(C)C1(c2cccs2)CCC2(CCN(CC(=O)N3CCC3)C2)CC1. The van der Waals surface area contributed by atoms with E-state index in [4.69, 9.17) is 0 Å². The third-order valence-corrected chi connectivity index (χ3v) is 8.12. The standard InChI is InChI=1S/C20H31N3OS/c1-21(2)20(17-5-3-14-25-17)8-6-19(7-9-20)10-13-22(16-19)15-18(24)23-11-4-12-23/h3,5,14H,4,6-13,15-16H2,1-2H3. The van der Waals surface area contributed by atoms with Crippen LogP contribution < -0.4 is 0 Å². The van der Waals surface area contributed by atoms with Crippen LogP contribution in [0.2, 0.25) is 0 Å². The van der Waals surface area contributed by atoms with E-state index in [0.29, 0.717) is 17.9 Å². The summed E-state index contributed by atoms with van der Waals surface area (Å²) in [5.74, 6) is 0.348. The molecule has 1 saturated carbocycles. The molecule has 5 heteroatoms. The number of carbonyl (C=O) groups excluding carboxylic acids is 1. The molecule has 25 heavy (non-hydrogen) atoms. The summed E-state index contributed by atoms with van der Waals surface area (Å²) in [5.41, 5.74) is 0.673. The number of rotatable bonds is 4. The first-order valence-electron chi connectivity index (χ1n) is 9.75. The maximum Gasteiger partial charge on any atom is 0.236 e. The largest absolute Gasteiger partial charge is 0.341 e. The fraction of sp³-hybridized carbons (Fsp3) is 0.750. The lowest BCUT2D eigenvalue weighted by atomic mass is 9.66. The van der Waals surface area contributed by atoms with Crippen LogP contribution in [0.25, 0.3) is 0 Å². The van der Waals surface area contributed by atoms with Gasteiger partial charge in [-0.1, -0.05) is 6.07 Å². The van der Waals surface area contributed by atoms with Crippen LogP contribution in [0.1, 0.15) is 43.4 Å². The van der Waals surface area contributed by atoms with E-state index in [1.165, 1.54) is 43.4 Å². The zero-order valence-electron chi connectivity index (χ0n) is 15.7. The average molecular weight is 362 g/mol. The number of likely N-dealkylation sites (tertiary alicyclic amines) is 2. The molecule has 0 radical (unpaired) electrons. The number of amides is 1. The van der Waals surface area contributed by atoms with Crippen molar-refractivity contribution in [2.45, 2.75) is 44.1 Å². The van der Waals surface area contributed by atoms with Gasteiger partial charge in [-0.05, 0) is 76.0 Å². The van der Waals surface area contributed by atoms with E-state index in [-0.39, 0.29) is 5.54 Å². The van der Waals surface area contributed by atoms with Crippen molar-refractivity contribution in [1.82, 2.24) is 14.7 Å². The molecule has 2 saturated heterocycles. The zero-order chi connectivity index (χ0) is 17.5. The first-order chi connectivity index (χ1) is 12.0. The number of hydrogen-bond donors (Lipinski definition) is 0. The first-order valence-corrected chi connectivity index (χ1v) is 10.6. The van der Waals surface area contributed by atoms with E-state index in [1.807, 2.05) is 16.2 Å². The van der Waals surface area contributed by atoms with Crippen LogP contribution in [0.5, 0.6) is 0 Å². The topological polar surface area (TPSA) is 26.8 Å². The first kappa shape index (κ1) is 17.5. The Labute approximate surface area is 155 Å². The van der Waals surface area contributed by atoms with E-state index < -0.39 is 0 Å². The maximum absolute atomic E-state index is 12.3. The van der Waals surface area contributed by atoms with Gasteiger partial charge in [0.2, 0.25) is 5.91 Å².